The van der Waals surface area contributed by atoms with E-state index in [1.165, 1.54) is 0 Å². The zero-order chi connectivity index (χ0) is 13.2. The molecule has 0 aliphatic rings. The highest BCUT2D eigenvalue weighted by Crippen LogP contribution is 2.11. The van der Waals surface area contributed by atoms with Gasteiger partial charge in [0.15, 0.2) is 0 Å². The molecule has 1 rings (SSSR count). The van der Waals surface area contributed by atoms with Gasteiger partial charge in [-0.2, -0.15) is 0 Å². The molecule has 0 heterocycles. The molecule has 4 heteroatoms. The molecule has 0 unspecified atom stereocenters. The van der Waals surface area contributed by atoms with Crippen LogP contribution in [-0.4, -0.2) is 32.7 Å². The molecule has 0 aliphatic heterocycles. The summed E-state index contributed by atoms with van der Waals surface area (Å²) in [6, 6.07) is 7.79. The Morgan fingerprint density at radius 2 is 2.11 bits per heavy atom. The van der Waals surface area contributed by atoms with Crippen LogP contribution >= 0.6 is 0 Å². The van der Waals surface area contributed by atoms with Crippen LogP contribution in [-0.2, 0) is 11.2 Å². The van der Waals surface area contributed by atoms with Gasteiger partial charge in [-0.3, -0.25) is 10.1 Å². The summed E-state index contributed by atoms with van der Waals surface area (Å²) in [6.07, 6.45) is 5.86. The molecule has 1 aromatic carbocycles. The molecule has 0 saturated heterocycles. The second-order valence-corrected chi connectivity index (χ2v) is 3.76. The Morgan fingerprint density at radius 1 is 1.39 bits per heavy atom. The van der Waals surface area contributed by atoms with Crippen molar-refractivity contribution >= 4 is 5.91 Å². The van der Waals surface area contributed by atoms with Gasteiger partial charge in [0.1, 0.15) is 5.75 Å². The maximum Gasteiger partial charge on any atom is 0.233 e. The Balaban J connectivity index is 2.20. The zero-order valence-corrected chi connectivity index (χ0v) is 10.5. The van der Waals surface area contributed by atoms with Crippen molar-refractivity contribution in [3.05, 3.63) is 29.8 Å². The Kier molecular flexibility index (Phi) is 6.37. The monoisotopic (exact) mass is 246 g/mol. The summed E-state index contributed by atoms with van der Waals surface area (Å²) in [5.41, 5.74) is 1.16. The molecule has 0 aliphatic carbocycles. The molecule has 0 bridgehead atoms. The molecular formula is C14H18N2O2. The first-order valence-corrected chi connectivity index (χ1v) is 5.80. The number of nitrogens with one attached hydrogen (secondary N) is 2. The molecule has 0 saturated carbocycles. The van der Waals surface area contributed by atoms with Crippen LogP contribution in [0.15, 0.2) is 24.3 Å². The lowest BCUT2D eigenvalue weighted by Crippen LogP contribution is -2.35. The van der Waals surface area contributed by atoms with Crippen LogP contribution in [0.25, 0.3) is 0 Å². The molecule has 96 valence electrons. The number of hydrogen-bond donors (Lipinski definition) is 2. The standard InChI is InChI=1S/C14H18N2O2/c1-3-9-15-11-14(17)16-10-8-12-4-6-13(18-2)7-5-12/h1,4-7,15H,8-11H2,2H3,(H,16,17). The number of amides is 1. The van der Waals surface area contributed by atoms with E-state index in [0.29, 0.717) is 13.1 Å². The van der Waals surface area contributed by atoms with Crippen LogP contribution < -0.4 is 15.4 Å². The third kappa shape index (κ3) is 5.37. The topological polar surface area (TPSA) is 50.4 Å². The third-order valence-corrected chi connectivity index (χ3v) is 2.41. The number of carbonyl (C=O) groups is 1. The van der Waals surface area contributed by atoms with Crippen molar-refractivity contribution in [2.45, 2.75) is 6.42 Å². The second kappa shape index (κ2) is 8.15. The van der Waals surface area contributed by atoms with Crippen molar-refractivity contribution in [1.82, 2.24) is 10.6 Å². The summed E-state index contributed by atoms with van der Waals surface area (Å²) < 4.78 is 5.07. The Morgan fingerprint density at radius 3 is 2.72 bits per heavy atom. The quantitative estimate of drug-likeness (QED) is 0.546. The van der Waals surface area contributed by atoms with Gasteiger partial charge < -0.3 is 10.1 Å². The summed E-state index contributed by atoms with van der Waals surface area (Å²) >= 11 is 0. The van der Waals surface area contributed by atoms with Crippen LogP contribution in [0.2, 0.25) is 0 Å². The fourth-order valence-electron chi connectivity index (χ4n) is 1.45. The lowest BCUT2D eigenvalue weighted by molar-refractivity contribution is -0.120. The van der Waals surface area contributed by atoms with Crippen molar-refractivity contribution in [1.29, 1.82) is 0 Å². The van der Waals surface area contributed by atoms with Gasteiger partial charge in [-0.05, 0) is 24.1 Å². The minimum Gasteiger partial charge on any atom is -0.497 e. The van der Waals surface area contributed by atoms with Crippen molar-refractivity contribution < 1.29 is 9.53 Å². The van der Waals surface area contributed by atoms with Crippen LogP contribution in [0.4, 0.5) is 0 Å². The third-order valence-electron chi connectivity index (χ3n) is 2.41. The molecule has 1 amide bonds. The van der Waals surface area contributed by atoms with Gasteiger partial charge in [0.2, 0.25) is 5.91 Å². The lowest BCUT2D eigenvalue weighted by atomic mass is 10.1. The first kappa shape index (κ1) is 14.1. The largest absolute Gasteiger partial charge is 0.497 e. The molecule has 18 heavy (non-hydrogen) atoms. The molecule has 4 nitrogen and oxygen atoms in total. The molecule has 0 radical (unpaired) electrons. The highest BCUT2D eigenvalue weighted by Gasteiger charge is 1.99. The van der Waals surface area contributed by atoms with Gasteiger partial charge in [0.05, 0.1) is 20.2 Å². The van der Waals surface area contributed by atoms with Crippen LogP contribution in [0.1, 0.15) is 5.56 Å². The van der Waals surface area contributed by atoms with E-state index < -0.39 is 0 Å². The van der Waals surface area contributed by atoms with E-state index in [4.69, 9.17) is 11.2 Å². The molecule has 0 spiro atoms. The summed E-state index contributed by atoms with van der Waals surface area (Å²) in [5.74, 6) is 3.20. The number of ether oxygens (including phenoxy) is 1. The van der Waals surface area contributed by atoms with Crippen molar-refractivity contribution in [2.24, 2.45) is 0 Å². The predicted molar refractivity (Wildman–Crippen MR) is 71.4 cm³/mol. The van der Waals surface area contributed by atoms with Crippen LogP contribution in [0.3, 0.4) is 0 Å². The number of carbonyl (C=O) groups excluding carboxylic acids is 1. The minimum atomic E-state index is -0.0428. The van der Waals surface area contributed by atoms with Crippen molar-refractivity contribution in [2.75, 3.05) is 26.7 Å². The SMILES string of the molecule is C#CCNCC(=O)NCCc1ccc(OC)cc1. The Bertz CT molecular complexity index is 407. The van der Waals surface area contributed by atoms with E-state index >= 15 is 0 Å². The highest BCUT2D eigenvalue weighted by molar-refractivity contribution is 5.77. The van der Waals surface area contributed by atoms with Gasteiger partial charge in [-0.25, -0.2) is 0 Å². The van der Waals surface area contributed by atoms with Crippen LogP contribution in [0.5, 0.6) is 5.75 Å². The van der Waals surface area contributed by atoms with Crippen molar-refractivity contribution in [3.8, 4) is 18.1 Å². The van der Waals surface area contributed by atoms with E-state index in [1.54, 1.807) is 7.11 Å². The van der Waals surface area contributed by atoms with E-state index in [2.05, 4.69) is 16.6 Å². The molecule has 1 aromatic rings. The maximum atomic E-state index is 11.3. The van der Waals surface area contributed by atoms with Crippen molar-refractivity contribution in [3.63, 3.8) is 0 Å². The number of benzene rings is 1. The molecule has 0 atom stereocenters. The Labute approximate surface area is 108 Å². The van der Waals surface area contributed by atoms with Gasteiger partial charge in [-0.15, -0.1) is 6.42 Å². The fourth-order valence-corrected chi connectivity index (χ4v) is 1.45. The van der Waals surface area contributed by atoms with E-state index in [-0.39, 0.29) is 12.5 Å². The fraction of sp³-hybridized carbons (Fsp3) is 0.357. The van der Waals surface area contributed by atoms with Crippen LogP contribution in [0, 0.1) is 12.3 Å². The molecular weight excluding hydrogens is 228 g/mol. The van der Waals surface area contributed by atoms with Gasteiger partial charge >= 0.3 is 0 Å². The summed E-state index contributed by atoms with van der Waals surface area (Å²) in [7, 11) is 1.64. The zero-order valence-electron chi connectivity index (χ0n) is 10.5. The number of terminal acetylenes is 1. The molecule has 0 aromatic heterocycles. The first-order valence-electron chi connectivity index (χ1n) is 5.80. The smallest absolute Gasteiger partial charge is 0.233 e. The maximum absolute atomic E-state index is 11.3. The van der Waals surface area contributed by atoms with E-state index in [9.17, 15) is 4.79 Å². The lowest BCUT2D eigenvalue weighted by Gasteiger charge is -2.06. The average Bonchev–Trinajstić information content (AvgIpc) is 2.40. The minimum absolute atomic E-state index is 0.0428. The number of rotatable bonds is 7. The number of methoxy groups -OCH3 is 1. The summed E-state index contributed by atoms with van der Waals surface area (Å²) in [4.78, 5) is 11.3. The molecule has 0 fully saturated rings. The van der Waals surface area contributed by atoms with Gasteiger partial charge in [-0.1, -0.05) is 18.1 Å². The predicted octanol–water partition coefficient (Wildman–Crippen LogP) is 0.577. The molecule has 2 N–H and O–H groups in total. The summed E-state index contributed by atoms with van der Waals surface area (Å²) in [5, 5.41) is 5.65. The number of hydrogen-bond acceptors (Lipinski definition) is 3. The normalized spacial score (nSPS) is 9.56. The first-order chi connectivity index (χ1) is 8.76. The summed E-state index contributed by atoms with van der Waals surface area (Å²) in [6.45, 7) is 1.28. The van der Waals surface area contributed by atoms with Gasteiger partial charge in [0, 0.05) is 6.54 Å². The van der Waals surface area contributed by atoms with Gasteiger partial charge in [0.25, 0.3) is 0 Å². The van der Waals surface area contributed by atoms with E-state index in [0.717, 1.165) is 17.7 Å². The second-order valence-electron chi connectivity index (χ2n) is 3.76. The Hall–Kier alpha value is -1.99. The highest BCUT2D eigenvalue weighted by atomic mass is 16.5. The van der Waals surface area contributed by atoms with E-state index in [1.807, 2.05) is 24.3 Å². The average molecular weight is 246 g/mol.